The van der Waals surface area contributed by atoms with Crippen LogP contribution in [0.25, 0.3) is 0 Å². The number of amides is 1. The second-order valence-corrected chi connectivity index (χ2v) is 3.96. The Kier molecular flexibility index (Phi) is 3.00. The van der Waals surface area contributed by atoms with E-state index in [1.165, 1.54) is 24.4 Å². The van der Waals surface area contributed by atoms with Crippen LogP contribution in [0.3, 0.4) is 0 Å². The summed E-state index contributed by atoms with van der Waals surface area (Å²) < 4.78 is 14.0. The van der Waals surface area contributed by atoms with E-state index in [-0.39, 0.29) is 5.56 Å². The SMILES string of the molecule is O=C(Nc1ccn[nH]1)c1cc(Br)ccc1F. The smallest absolute Gasteiger partial charge is 0.259 e. The minimum atomic E-state index is -0.569. The van der Waals surface area contributed by atoms with E-state index in [0.29, 0.717) is 10.3 Å². The summed E-state index contributed by atoms with van der Waals surface area (Å²) in [6, 6.07) is 5.75. The van der Waals surface area contributed by atoms with Crippen LogP contribution < -0.4 is 5.32 Å². The van der Waals surface area contributed by atoms with Crippen LogP contribution in [0.4, 0.5) is 10.2 Å². The van der Waals surface area contributed by atoms with Crippen LogP contribution in [-0.4, -0.2) is 16.1 Å². The normalized spacial score (nSPS) is 10.1. The Balaban J connectivity index is 2.24. The number of aromatic amines is 1. The zero-order chi connectivity index (χ0) is 11.5. The van der Waals surface area contributed by atoms with Gasteiger partial charge in [-0.3, -0.25) is 9.89 Å². The molecule has 1 amide bonds. The molecule has 1 aromatic heterocycles. The minimum absolute atomic E-state index is 0.0241. The molecule has 16 heavy (non-hydrogen) atoms. The molecule has 0 radical (unpaired) electrons. The lowest BCUT2D eigenvalue weighted by atomic mass is 10.2. The number of aromatic nitrogens is 2. The first-order chi connectivity index (χ1) is 7.66. The number of benzene rings is 1. The van der Waals surface area contributed by atoms with Gasteiger partial charge in [-0.2, -0.15) is 5.10 Å². The fourth-order valence-corrected chi connectivity index (χ4v) is 1.55. The predicted octanol–water partition coefficient (Wildman–Crippen LogP) is 2.56. The van der Waals surface area contributed by atoms with E-state index in [1.54, 1.807) is 6.07 Å². The Morgan fingerprint density at radius 2 is 2.25 bits per heavy atom. The van der Waals surface area contributed by atoms with Crippen molar-refractivity contribution in [3.63, 3.8) is 0 Å². The molecule has 0 aliphatic carbocycles. The van der Waals surface area contributed by atoms with Gasteiger partial charge in [0.25, 0.3) is 5.91 Å². The zero-order valence-electron chi connectivity index (χ0n) is 8.00. The first-order valence-electron chi connectivity index (χ1n) is 4.42. The number of carbonyl (C=O) groups is 1. The number of hydrogen-bond acceptors (Lipinski definition) is 2. The maximum atomic E-state index is 13.3. The Labute approximate surface area is 99.0 Å². The van der Waals surface area contributed by atoms with Crippen LogP contribution >= 0.6 is 15.9 Å². The molecule has 0 unspecified atom stereocenters. The topological polar surface area (TPSA) is 57.8 Å². The Morgan fingerprint density at radius 3 is 2.94 bits per heavy atom. The summed E-state index contributed by atoms with van der Waals surface area (Å²) in [6.07, 6.45) is 1.49. The fourth-order valence-electron chi connectivity index (χ4n) is 1.19. The third-order valence-electron chi connectivity index (χ3n) is 1.92. The molecule has 0 aliphatic rings. The maximum Gasteiger partial charge on any atom is 0.259 e. The second kappa shape index (κ2) is 4.44. The van der Waals surface area contributed by atoms with E-state index in [4.69, 9.17) is 0 Å². The van der Waals surface area contributed by atoms with Gasteiger partial charge in [-0.1, -0.05) is 15.9 Å². The van der Waals surface area contributed by atoms with E-state index < -0.39 is 11.7 Å². The number of rotatable bonds is 2. The van der Waals surface area contributed by atoms with Gasteiger partial charge in [-0.05, 0) is 18.2 Å². The molecule has 2 rings (SSSR count). The molecule has 0 spiro atoms. The Morgan fingerprint density at radius 1 is 1.44 bits per heavy atom. The third-order valence-corrected chi connectivity index (χ3v) is 2.42. The number of nitrogens with zero attached hydrogens (tertiary/aromatic N) is 1. The number of carbonyl (C=O) groups excluding carboxylic acids is 1. The number of nitrogens with one attached hydrogen (secondary N) is 2. The first-order valence-corrected chi connectivity index (χ1v) is 5.22. The summed E-state index contributed by atoms with van der Waals surface area (Å²) >= 11 is 3.18. The van der Waals surface area contributed by atoms with Crippen LogP contribution in [0.2, 0.25) is 0 Å². The number of anilines is 1. The summed E-state index contributed by atoms with van der Waals surface area (Å²) in [7, 11) is 0. The number of hydrogen-bond donors (Lipinski definition) is 2. The van der Waals surface area contributed by atoms with Crippen LogP contribution in [0.5, 0.6) is 0 Å². The quantitative estimate of drug-likeness (QED) is 0.890. The third kappa shape index (κ3) is 2.27. The van der Waals surface area contributed by atoms with E-state index >= 15 is 0 Å². The highest BCUT2D eigenvalue weighted by molar-refractivity contribution is 9.10. The number of H-pyrrole nitrogens is 1. The van der Waals surface area contributed by atoms with Crippen molar-refractivity contribution < 1.29 is 9.18 Å². The molecule has 0 fully saturated rings. The molecule has 2 N–H and O–H groups in total. The Hall–Kier alpha value is -1.69. The second-order valence-electron chi connectivity index (χ2n) is 3.05. The summed E-state index contributed by atoms with van der Waals surface area (Å²) in [5.74, 6) is -0.673. The fraction of sp³-hybridized carbons (Fsp3) is 0. The molecule has 0 saturated heterocycles. The van der Waals surface area contributed by atoms with Gasteiger partial charge < -0.3 is 5.32 Å². The van der Waals surface area contributed by atoms with E-state index in [2.05, 4.69) is 31.4 Å². The van der Waals surface area contributed by atoms with E-state index in [0.717, 1.165) is 0 Å². The molecule has 1 aromatic carbocycles. The summed E-state index contributed by atoms with van der Waals surface area (Å²) in [5, 5.41) is 8.71. The minimum Gasteiger partial charge on any atom is -0.307 e. The highest BCUT2D eigenvalue weighted by atomic mass is 79.9. The lowest BCUT2D eigenvalue weighted by Crippen LogP contribution is -2.14. The molecule has 0 atom stereocenters. The molecular formula is C10H7BrFN3O. The van der Waals surface area contributed by atoms with Gasteiger partial charge in [0.05, 0.1) is 11.8 Å². The van der Waals surface area contributed by atoms with Crippen molar-refractivity contribution in [2.24, 2.45) is 0 Å². The molecule has 6 heteroatoms. The molecule has 2 aromatic rings. The first kappa shape index (κ1) is 10.8. The van der Waals surface area contributed by atoms with E-state index in [1.807, 2.05) is 0 Å². The van der Waals surface area contributed by atoms with E-state index in [9.17, 15) is 9.18 Å². The van der Waals surface area contributed by atoms with Crippen molar-refractivity contribution >= 4 is 27.7 Å². The van der Waals surface area contributed by atoms with Gasteiger partial charge in [-0.25, -0.2) is 4.39 Å². The summed E-state index contributed by atoms with van der Waals surface area (Å²) in [6.45, 7) is 0. The summed E-state index contributed by atoms with van der Waals surface area (Å²) in [4.78, 5) is 11.7. The van der Waals surface area contributed by atoms with Gasteiger partial charge in [0.1, 0.15) is 11.6 Å². The van der Waals surface area contributed by atoms with Crippen molar-refractivity contribution in [2.45, 2.75) is 0 Å². The highest BCUT2D eigenvalue weighted by Gasteiger charge is 2.12. The molecular weight excluding hydrogens is 277 g/mol. The lowest BCUT2D eigenvalue weighted by Gasteiger charge is -2.04. The Bertz CT molecular complexity index is 513. The van der Waals surface area contributed by atoms with Crippen LogP contribution in [-0.2, 0) is 0 Å². The molecule has 1 heterocycles. The monoisotopic (exact) mass is 283 g/mol. The standard InChI is InChI=1S/C10H7BrFN3O/c11-6-1-2-8(12)7(5-6)10(16)14-9-3-4-13-15-9/h1-5H,(H2,13,14,15,16). The maximum absolute atomic E-state index is 13.3. The van der Waals surface area contributed by atoms with Gasteiger partial charge in [0.15, 0.2) is 0 Å². The molecule has 0 aliphatic heterocycles. The zero-order valence-corrected chi connectivity index (χ0v) is 9.58. The molecule has 0 bridgehead atoms. The highest BCUT2D eigenvalue weighted by Crippen LogP contribution is 2.16. The van der Waals surface area contributed by atoms with Crippen molar-refractivity contribution in [1.29, 1.82) is 0 Å². The van der Waals surface area contributed by atoms with Gasteiger partial charge >= 0.3 is 0 Å². The van der Waals surface area contributed by atoms with Gasteiger partial charge in [0, 0.05) is 10.5 Å². The predicted molar refractivity (Wildman–Crippen MR) is 60.6 cm³/mol. The largest absolute Gasteiger partial charge is 0.307 e. The summed E-state index contributed by atoms with van der Waals surface area (Å²) in [5.41, 5.74) is -0.0241. The molecule has 0 saturated carbocycles. The molecule has 82 valence electrons. The lowest BCUT2D eigenvalue weighted by molar-refractivity contribution is 0.102. The van der Waals surface area contributed by atoms with Crippen molar-refractivity contribution in [2.75, 3.05) is 5.32 Å². The average Bonchev–Trinajstić information content (AvgIpc) is 2.74. The van der Waals surface area contributed by atoms with Crippen molar-refractivity contribution in [1.82, 2.24) is 10.2 Å². The van der Waals surface area contributed by atoms with Gasteiger partial charge in [0.2, 0.25) is 0 Å². The number of halogens is 2. The van der Waals surface area contributed by atoms with Gasteiger partial charge in [-0.15, -0.1) is 0 Å². The molecule has 4 nitrogen and oxygen atoms in total. The van der Waals surface area contributed by atoms with Crippen molar-refractivity contribution in [3.05, 3.63) is 46.3 Å². The van der Waals surface area contributed by atoms with Crippen LogP contribution in [0, 0.1) is 5.82 Å². The van der Waals surface area contributed by atoms with Crippen LogP contribution in [0.1, 0.15) is 10.4 Å². The van der Waals surface area contributed by atoms with Crippen molar-refractivity contribution in [3.8, 4) is 0 Å². The van der Waals surface area contributed by atoms with Crippen LogP contribution in [0.15, 0.2) is 34.9 Å². The average molecular weight is 284 g/mol.